The molecule has 0 aromatic carbocycles. The van der Waals surface area contributed by atoms with Crippen molar-refractivity contribution in [1.29, 1.82) is 0 Å². The van der Waals surface area contributed by atoms with E-state index >= 15 is 0 Å². The highest BCUT2D eigenvalue weighted by molar-refractivity contribution is 7.99. The molecule has 0 spiro atoms. The first kappa shape index (κ1) is 16.4. The molecule has 1 heterocycles. The number of aromatic nitrogens is 2. The van der Waals surface area contributed by atoms with Crippen LogP contribution in [0.1, 0.15) is 44.9 Å². The van der Waals surface area contributed by atoms with Crippen LogP contribution in [-0.4, -0.2) is 45.8 Å². The van der Waals surface area contributed by atoms with Crippen molar-refractivity contribution in [2.24, 2.45) is 0 Å². The maximum atomic E-state index is 9.39. The van der Waals surface area contributed by atoms with Crippen LogP contribution in [0.25, 0.3) is 0 Å². The van der Waals surface area contributed by atoms with Gasteiger partial charge in [-0.2, -0.15) is 11.8 Å². The molecule has 0 bridgehead atoms. The van der Waals surface area contributed by atoms with Crippen molar-refractivity contribution in [3.8, 4) is 0 Å². The molecule has 1 saturated carbocycles. The molecule has 1 aliphatic rings. The molecule has 1 aromatic heterocycles. The zero-order valence-electron chi connectivity index (χ0n) is 13.1. The van der Waals surface area contributed by atoms with Crippen LogP contribution in [0.4, 0.5) is 11.6 Å². The van der Waals surface area contributed by atoms with Gasteiger partial charge in [0.2, 0.25) is 0 Å². The highest BCUT2D eigenvalue weighted by atomic mass is 32.2. The van der Waals surface area contributed by atoms with E-state index in [1.54, 1.807) is 11.8 Å². The molecule has 1 fully saturated rings. The Morgan fingerprint density at radius 2 is 2.10 bits per heavy atom. The third-order valence-corrected chi connectivity index (χ3v) is 4.82. The number of hydrogen-bond acceptors (Lipinski definition) is 6. The van der Waals surface area contributed by atoms with Gasteiger partial charge in [0.05, 0.1) is 6.61 Å². The van der Waals surface area contributed by atoms with E-state index in [1.807, 2.05) is 12.3 Å². The Labute approximate surface area is 131 Å². The van der Waals surface area contributed by atoms with Gasteiger partial charge in [0.1, 0.15) is 17.5 Å². The van der Waals surface area contributed by atoms with Crippen LogP contribution >= 0.6 is 11.8 Å². The van der Waals surface area contributed by atoms with Crippen LogP contribution in [0.3, 0.4) is 0 Å². The largest absolute Gasteiger partial charge is 0.395 e. The first-order valence-electron chi connectivity index (χ1n) is 7.71. The molecule has 118 valence electrons. The van der Waals surface area contributed by atoms with E-state index in [0.717, 1.165) is 30.4 Å². The van der Waals surface area contributed by atoms with Gasteiger partial charge < -0.3 is 15.7 Å². The lowest BCUT2D eigenvalue weighted by atomic mass is 10.2. The van der Waals surface area contributed by atoms with Gasteiger partial charge in [0.15, 0.2) is 0 Å². The van der Waals surface area contributed by atoms with Gasteiger partial charge in [0, 0.05) is 29.8 Å². The van der Waals surface area contributed by atoms with Gasteiger partial charge >= 0.3 is 0 Å². The number of aliphatic hydroxyl groups is 1. The summed E-state index contributed by atoms with van der Waals surface area (Å²) in [6, 6.07) is 2.12. The van der Waals surface area contributed by atoms with Crippen LogP contribution in [0.15, 0.2) is 6.07 Å². The van der Waals surface area contributed by atoms with E-state index in [2.05, 4.69) is 34.4 Å². The Bertz CT molecular complexity index is 449. The van der Waals surface area contributed by atoms with Gasteiger partial charge in [-0.1, -0.05) is 6.92 Å². The van der Waals surface area contributed by atoms with E-state index in [4.69, 9.17) is 0 Å². The summed E-state index contributed by atoms with van der Waals surface area (Å²) >= 11 is 1.67. The van der Waals surface area contributed by atoms with E-state index < -0.39 is 0 Å². The minimum Gasteiger partial charge on any atom is -0.395 e. The normalized spacial score (nSPS) is 17.3. The summed E-state index contributed by atoms with van der Waals surface area (Å²) in [4.78, 5) is 9.25. The smallest absolute Gasteiger partial charge is 0.136 e. The second kappa shape index (κ2) is 7.84. The highest BCUT2D eigenvalue weighted by Crippen LogP contribution is 2.38. The van der Waals surface area contributed by atoms with Crippen molar-refractivity contribution in [2.75, 3.05) is 30.0 Å². The minimum absolute atomic E-state index is 0.158. The van der Waals surface area contributed by atoms with Gasteiger partial charge in [-0.15, -0.1) is 0 Å². The van der Waals surface area contributed by atoms with Crippen molar-refractivity contribution in [3.63, 3.8) is 0 Å². The summed E-state index contributed by atoms with van der Waals surface area (Å²) < 4.78 is 0. The number of nitrogens with zero attached hydrogens (tertiary/aromatic N) is 2. The maximum absolute atomic E-state index is 9.39. The molecule has 0 aliphatic heterocycles. The molecule has 21 heavy (non-hydrogen) atoms. The van der Waals surface area contributed by atoms with Crippen LogP contribution < -0.4 is 10.6 Å². The molecule has 5 nitrogen and oxygen atoms in total. The van der Waals surface area contributed by atoms with Gasteiger partial charge in [0.25, 0.3) is 0 Å². The predicted molar refractivity (Wildman–Crippen MR) is 90.3 cm³/mol. The topological polar surface area (TPSA) is 70.1 Å². The Hall–Kier alpha value is -1.01. The number of aliphatic hydroxyl groups excluding tert-OH is 1. The van der Waals surface area contributed by atoms with E-state index in [1.165, 1.54) is 12.8 Å². The second-order valence-corrected chi connectivity index (χ2v) is 6.66. The Balaban J connectivity index is 2.11. The molecule has 0 radical (unpaired) electrons. The lowest BCUT2D eigenvalue weighted by Crippen LogP contribution is -2.31. The van der Waals surface area contributed by atoms with Gasteiger partial charge in [-0.25, -0.2) is 9.97 Å². The van der Waals surface area contributed by atoms with Crippen LogP contribution in [0.2, 0.25) is 0 Å². The van der Waals surface area contributed by atoms with Crippen LogP contribution in [-0.2, 0) is 0 Å². The molecule has 2 atom stereocenters. The molecule has 6 heteroatoms. The van der Waals surface area contributed by atoms with E-state index in [9.17, 15) is 5.11 Å². The molecule has 2 rings (SSSR count). The van der Waals surface area contributed by atoms with Crippen molar-refractivity contribution in [2.45, 2.75) is 50.3 Å². The number of rotatable bonds is 9. The monoisotopic (exact) mass is 310 g/mol. The van der Waals surface area contributed by atoms with E-state index in [0.29, 0.717) is 5.92 Å². The zero-order valence-corrected chi connectivity index (χ0v) is 13.9. The molecule has 1 aromatic rings. The molecule has 0 saturated heterocycles. The van der Waals surface area contributed by atoms with Crippen molar-refractivity contribution in [1.82, 2.24) is 9.97 Å². The zero-order chi connectivity index (χ0) is 15.2. The van der Waals surface area contributed by atoms with Gasteiger partial charge in [-0.3, -0.25) is 0 Å². The summed E-state index contributed by atoms with van der Waals surface area (Å²) in [6.07, 6.45) is 5.47. The lowest BCUT2D eigenvalue weighted by molar-refractivity contribution is 0.288. The van der Waals surface area contributed by atoms with Crippen molar-refractivity contribution < 1.29 is 5.11 Å². The maximum Gasteiger partial charge on any atom is 0.136 e. The standard InChI is InChI=1S/C15H26N4OS/c1-4-7-16-13-8-14(17-10(2)12(9-20)21-3)19-15(18-13)11-5-6-11/h8,10-12,20H,4-7,9H2,1-3H3,(H2,16,17,18,19). The number of hydrogen-bond donors (Lipinski definition) is 3. The average molecular weight is 310 g/mol. The summed E-state index contributed by atoms with van der Waals surface area (Å²) in [5.74, 6) is 3.22. The average Bonchev–Trinajstić information content (AvgIpc) is 3.31. The fraction of sp³-hybridized carbons (Fsp3) is 0.733. The van der Waals surface area contributed by atoms with E-state index in [-0.39, 0.29) is 17.9 Å². The Kier molecular flexibility index (Phi) is 6.11. The molecule has 1 aliphatic carbocycles. The van der Waals surface area contributed by atoms with Gasteiger partial charge in [-0.05, 0) is 32.4 Å². The summed E-state index contributed by atoms with van der Waals surface area (Å²) in [5.41, 5.74) is 0. The lowest BCUT2D eigenvalue weighted by Gasteiger charge is -2.22. The second-order valence-electron chi connectivity index (χ2n) is 5.59. The first-order chi connectivity index (χ1) is 10.2. The number of nitrogens with one attached hydrogen (secondary N) is 2. The molecule has 3 N–H and O–H groups in total. The van der Waals surface area contributed by atoms with Crippen molar-refractivity contribution in [3.05, 3.63) is 11.9 Å². The van der Waals surface area contributed by atoms with Crippen LogP contribution in [0.5, 0.6) is 0 Å². The fourth-order valence-corrected chi connectivity index (χ4v) is 2.80. The highest BCUT2D eigenvalue weighted by Gasteiger charge is 2.27. The molecular weight excluding hydrogens is 284 g/mol. The fourth-order valence-electron chi connectivity index (χ4n) is 2.17. The molecular formula is C15H26N4OS. The Morgan fingerprint density at radius 1 is 1.38 bits per heavy atom. The number of anilines is 2. The minimum atomic E-state index is 0.158. The predicted octanol–water partition coefficient (Wildman–Crippen LogP) is 2.70. The first-order valence-corrected chi connectivity index (χ1v) is 8.99. The molecule has 0 amide bonds. The molecule has 2 unspecified atom stereocenters. The number of thioether (sulfide) groups is 1. The SMILES string of the molecule is CCCNc1cc(NC(C)C(CO)SC)nc(C2CC2)n1. The summed E-state index contributed by atoms with van der Waals surface area (Å²) in [6.45, 7) is 5.30. The third-order valence-electron chi connectivity index (χ3n) is 3.66. The summed E-state index contributed by atoms with van der Waals surface area (Å²) in [5, 5.41) is 16.3. The quantitative estimate of drug-likeness (QED) is 0.651. The van der Waals surface area contributed by atoms with Crippen LogP contribution in [0, 0.1) is 0 Å². The Morgan fingerprint density at radius 3 is 2.67 bits per heavy atom. The van der Waals surface area contributed by atoms with Crippen molar-refractivity contribution >= 4 is 23.4 Å². The third kappa shape index (κ3) is 4.74. The summed E-state index contributed by atoms with van der Waals surface area (Å²) in [7, 11) is 0.